The van der Waals surface area contributed by atoms with Gasteiger partial charge in [0.1, 0.15) is 12.1 Å². The molecule has 2 atom stereocenters. The highest BCUT2D eigenvalue weighted by atomic mass is 31.2. The molecule has 0 bridgehead atoms. The predicted molar refractivity (Wildman–Crippen MR) is 50.4 cm³/mol. The van der Waals surface area contributed by atoms with Crippen LogP contribution in [0.3, 0.4) is 0 Å². The summed E-state index contributed by atoms with van der Waals surface area (Å²) in [4.78, 5) is 19.3. The zero-order valence-electron chi connectivity index (χ0n) is 8.22. The molecule has 0 aliphatic carbocycles. The predicted octanol–water partition coefficient (Wildman–Crippen LogP) is -2.11. The van der Waals surface area contributed by atoms with E-state index in [2.05, 4.69) is 9.05 Å². The summed E-state index contributed by atoms with van der Waals surface area (Å²) in [6, 6.07) is -1.47. The SMILES string of the molecule is N[C@@H](COP(=O)(O)OC(CO)CO)C(=O)O. The van der Waals surface area contributed by atoms with Crippen molar-refractivity contribution in [2.75, 3.05) is 19.8 Å². The Kier molecular flexibility index (Phi) is 6.68. The Morgan fingerprint density at radius 3 is 2.25 bits per heavy atom. The number of carboxylic acids is 1. The minimum absolute atomic E-state index is 0.685. The third-order valence-corrected chi connectivity index (χ3v) is 2.46. The molecule has 0 aliphatic rings. The van der Waals surface area contributed by atoms with Crippen molar-refractivity contribution < 1.29 is 38.6 Å². The zero-order valence-corrected chi connectivity index (χ0v) is 9.12. The van der Waals surface area contributed by atoms with Gasteiger partial charge in [0.2, 0.25) is 0 Å². The van der Waals surface area contributed by atoms with Gasteiger partial charge in [-0.05, 0) is 0 Å². The van der Waals surface area contributed by atoms with Gasteiger partial charge in [0.05, 0.1) is 19.8 Å². The van der Waals surface area contributed by atoms with E-state index < -0.39 is 45.8 Å². The van der Waals surface area contributed by atoms with Gasteiger partial charge in [-0.25, -0.2) is 4.57 Å². The van der Waals surface area contributed by atoms with Crippen LogP contribution in [0.2, 0.25) is 0 Å². The highest BCUT2D eigenvalue weighted by Gasteiger charge is 2.28. The summed E-state index contributed by atoms with van der Waals surface area (Å²) in [6.07, 6.45) is -1.28. The van der Waals surface area contributed by atoms with E-state index in [1.165, 1.54) is 0 Å². The van der Waals surface area contributed by atoms with Gasteiger partial charge in [-0.1, -0.05) is 0 Å². The molecule has 0 heterocycles. The van der Waals surface area contributed by atoms with Crippen molar-refractivity contribution in [1.29, 1.82) is 0 Å². The lowest BCUT2D eigenvalue weighted by Crippen LogP contribution is -2.34. The summed E-state index contributed by atoms with van der Waals surface area (Å²) >= 11 is 0. The number of nitrogens with two attached hydrogens (primary N) is 1. The van der Waals surface area contributed by atoms with Crippen molar-refractivity contribution in [3.8, 4) is 0 Å². The second-order valence-electron chi connectivity index (χ2n) is 2.80. The van der Waals surface area contributed by atoms with Crippen LogP contribution in [0, 0.1) is 0 Å². The number of phosphoric ester groups is 1. The van der Waals surface area contributed by atoms with Gasteiger partial charge in [-0.15, -0.1) is 0 Å². The maximum absolute atomic E-state index is 11.1. The molecule has 0 saturated carbocycles. The molecular weight excluding hydrogens is 245 g/mol. The molecule has 9 nitrogen and oxygen atoms in total. The number of carbonyl (C=O) groups is 1. The molecule has 1 unspecified atom stereocenters. The Bertz CT molecular complexity index is 267. The minimum atomic E-state index is -4.54. The number of hydrogen-bond donors (Lipinski definition) is 5. The molecule has 16 heavy (non-hydrogen) atoms. The second-order valence-corrected chi connectivity index (χ2v) is 4.21. The molecule has 0 aromatic heterocycles. The number of carboxylic acid groups (broad SMARTS) is 1. The van der Waals surface area contributed by atoms with Crippen molar-refractivity contribution >= 4 is 13.8 Å². The first-order valence-electron chi connectivity index (χ1n) is 4.18. The Morgan fingerprint density at radius 2 is 1.88 bits per heavy atom. The fraction of sp³-hybridized carbons (Fsp3) is 0.833. The van der Waals surface area contributed by atoms with E-state index in [4.69, 9.17) is 25.9 Å². The first-order valence-corrected chi connectivity index (χ1v) is 5.67. The number of phosphoric acid groups is 1. The van der Waals surface area contributed by atoms with E-state index in [0.29, 0.717) is 0 Å². The van der Waals surface area contributed by atoms with Crippen LogP contribution in [0.15, 0.2) is 0 Å². The standard InChI is InChI=1S/C6H14NO8P/c7-5(6(10)11)3-14-16(12,13)15-4(1-8)2-9/h4-5,8-9H,1-3,7H2,(H,10,11)(H,12,13)/t5-/m0/s1. The highest BCUT2D eigenvalue weighted by Crippen LogP contribution is 2.44. The monoisotopic (exact) mass is 259 g/mol. The molecule has 0 aromatic carbocycles. The summed E-state index contributed by atoms with van der Waals surface area (Å²) in [5.41, 5.74) is 5.01. The average molecular weight is 259 g/mol. The summed E-state index contributed by atoms with van der Waals surface area (Å²) in [6.45, 7) is -2.10. The van der Waals surface area contributed by atoms with Crippen LogP contribution in [0.25, 0.3) is 0 Å². The van der Waals surface area contributed by atoms with Gasteiger partial charge in [-0.2, -0.15) is 0 Å². The third-order valence-electron chi connectivity index (χ3n) is 1.42. The van der Waals surface area contributed by atoms with E-state index in [1.807, 2.05) is 0 Å². The molecule has 0 aromatic rings. The quantitative estimate of drug-likeness (QED) is 0.307. The van der Waals surface area contributed by atoms with E-state index in [-0.39, 0.29) is 0 Å². The largest absolute Gasteiger partial charge is 0.480 e. The van der Waals surface area contributed by atoms with Crippen LogP contribution in [0.4, 0.5) is 0 Å². The first-order chi connectivity index (χ1) is 7.32. The topological polar surface area (TPSA) is 160 Å². The molecule has 0 radical (unpaired) electrons. The van der Waals surface area contributed by atoms with Gasteiger partial charge in [0.15, 0.2) is 0 Å². The van der Waals surface area contributed by atoms with E-state index in [9.17, 15) is 9.36 Å². The number of hydrogen-bond acceptors (Lipinski definition) is 7. The van der Waals surface area contributed by atoms with E-state index in [1.54, 1.807) is 0 Å². The van der Waals surface area contributed by atoms with Crippen LogP contribution in [-0.2, 0) is 18.4 Å². The number of aliphatic carboxylic acids is 1. The van der Waals surface area contributed by atoms with E-state index in [0.717, 1.165) is 0 Å². The smallest absolute Gasteiger partial charge is 0.472 e. The van der Waals surface area contributed by atoms with Crippen LogP contribution < -0.4 is 5.73 Å². The van der Waals surface area contributed by atoms with Gasteiger partial charge in [0.25, 0.3) is 0 Å². The summed E-state index contributed by atoms with van der Waals surface area (Å²) in [5, 5.41) is 25.5. The molecule has 10 heteroatoms. The number of aliphatic hydroxyl groups is 2. The van der Waals surface area contributed by atoms with Gasteiger partial charge in [0, 0.05) is 0 Å². The normalized spacial score (nSPS) is 17.1. The highest BCUT2D eigenvalue weighted by molar-refractivity contribution is 7.47. The average Bonchev–Trinajstić information content (AvgIpc) is 2.22. The molecule has 0 spiro atoms. The van der Waals surface area contributed by atoms with Crippen LogP contribution in [-0.4, -0.2) is 58.1 Å². The third kappa shape index (κ3) is 6.13. The Hall–Kier alpha value is -0.540. The lowest BCUT2D eigenvalue weighted by Gasteiger charge is -2.17. The maximum atomic E-state index is 11.1. The summed E-state index contributed by atoms with van der Waals surface area (Å²) in [5.74, 6) is -1.40. The first kappa shape index (κ1) is 15.5. The Balaban J connectivity index is 4.14. The van der Waals surface area contributed by atoms with Crippen molar-refractivity contribution in [3.63, 3.8) is 0 Å². The van der Waals surface area contributed by atoms with Crippen LogP contribution in [0.1, 0.15) is 0 Å². The summed E-state index contributed by atoms with van der Waals surface area (Å²) in [7, 11) is -4.54. The second kappa shape index (κ2) is 6.92. The van der Waals surface area contributed by atoms with E-state index >= 15 is 0 Å². The lowest BCUT2D eigenvalue weighted by atomic mass is 10.3. The molecule has 96 valence electrons. The Labute approximate surface area is 91.0 Å². The van der Waals surface area contributed by atoms with Crippen molar-refractivity contribution in [3.05, 3.63) is 0 Å². The Morgan fingerprint density at radius 1 is 1.38 bits per heavy atom. The number of rotatable bonds is 8. The van der Waals surface area contributed by atoms with Crippen LogP contribution in [0.5, 0.6) is 0 Å². The van der Waals surface area contributed by atoms with Crippen LogP contribution >= 0.6 is 7.82 Å². The number of aliphatic hydroxyl groups excluding tert-OH is 2. The van der Waals surface area contributed by atoms with Gasteiger partial charge in [-0.3, -0.25) is 13.8 Å². The lowest BCUT2D eigenvalue weighted by molar-refractivity contribution is -0.139. The molecule has 6 N–H and O–H groups in total. The maximum Gasteiger partial charge on any atom is 0.472 e. The minimum Gasteiger partial charge on any atom is -0.480 e. The van der Waals surface area contributed by atoms with Crippen molar-refractivity contribution in [2.24, 2.45) is 5.73 Å². The molecule has 0 rings (SSSR count). The molecule has 0 amide bonds. The fourth-order valence-electron chi connectivity index (χ4n) is 0.589. The molecule has 0 aliphatic heterocycles. The molecule has 0 saturated heterocycles. The van der Waals surface area contributed by atoms with Gasteiger partial charge >= 0.3 is 13.8 Å². The van der Waals surface area contributed by atoms with Crippen molar-refractivity contribution in [2.45, 2.75) is 12.1 Å². The summed E-state index contributed by atoms with van der Waals surface area (Å²) < 4.78 is 19.7. The molecule has 0 fully saturated rings. The molecular formula is C6H14NO8P. The fourth-order valence-corrected chi connectivity index (χ4v) is 1.51. The van der Waals surface area contributed by atoms with Gasteiger partial charge < -0.3 is 25.9 Å². The zero-order chi connectivity index (χ0) is 12.8. The van der Waals surface area contributed by atoms with Crippen molar-refractivity contribution in [1.82, 2.24) is 0 Å².